The molecule has 2 heteroatoms. The van der Waals surface area contributed by atoms with E-state index in [1.165, 1.54) is 65.3 Å². The van der Waals surface area contributed by atoms with Crippen LogP contribution in [0, 0.1) is 0 Å². The summed E-state index contributed by atoms with van der Waals surface area (Å²) in [5, 5.41) is 12.3. The lowest BCUT2D eigenvalue weighted by atomic mass is 9.92. The van der Waals surface area contributed by atoms with Crippen molar-refractivity contribution in [1.29, 1.82) is 0 Å². The molecule has 0 aliphatic heterocycles. The number of nitrogens with zero attached hydrogens (tertiary/aromatic N) is 1. The Kier molecular flexibility index (Phi) is 8.62. The SMILES string of the molecule is c1ccc(-c2cc(-c3ccccc3)c3oc4c(-c5ccc6c(c5)c5ccccc5n6-c5cccc(-c6ccc7c8ccccc8c8ccccc8c7c6)c5)cc(-c5ccccc5)cc4c3c2)cc1. The smallest absolute Gasteiger partial charge is 0.143 e. The van der Waals surface area contributed by atoms with Gasteiger partial charge >= 0.3 is 0 Å². The van der Waals surface area contributed by atoms with E-state index in [9.17, 15) is 0 Å². The fourth-order valence-corrected chi connectivity index (χ4v) is 11.0. The summed E-state index contributed by atoms with van der Waals surface area (Å²) in [5.41, 5.74) is 16.6. The molecule has 0 atom stereocenters. The van der Waals surface area contributed by atoms with Gasteiger partial charge in [-0.25, -0.2) is 0 Å². The average molecular weight is 864 g/mol. The number of hydrogen-bond acceptors (Lipinski definition) is 1. The zero-order valence-corrected chi connectivity index (χ0v) is 37.0. The van der Waals surface area contributed by atoms with Gasteiger partial charge in [0.25, 0.3) is 0 Å². The van der Waals surface area contributed by atoms with Crippen molar-refractivity contribution in [2.75, 3.05) is 0 Å². The van der Waals surface area contributed by atoms with Crippen molar-refractivity contribution < 1.29 is 4.42 Å². The Morgan fingerprint density at radius 1 is 0.221 bits per heavy atom. The van der Waals surface area contributed by atoms with E-state index < -0.39 is 0 Å². The molecular formula is C66H41NO. The average Bonchev–Trinajstić information content (AvgIpc) is 3.96. The fraction of sp³-hybridized carbons (Fsp3) is 0. The Morgan fingerprint density at radius 3 is 1.26 bits per heavy atom. The van der Waals surface area contributed by atoms with Gasteiger partial charge in [0.2, 0.25) is 0 Å². The molecule has 0 fully saturated rings. The fourth-order valence-electron chi connectivity index (χ4n) is 11.0. The van der Waals surface area contributed by atoms with Crippen LogP contribution in [0.5, 0.6) is 0 Å². The van der Waals surface area contributed by atoms with Crippen LogP contribution < -0.4 is 0 Å². The lowest BCUT2D eigenvalue weighted by molar-refractivity contribution is 0.671. The summed E-state index contributed by atoms with van der Waals surface area (Å²) in [5.74, 6) is 0. The minimum Gasteiger partial charge on any atom is -0.455 e. The first-order valence-electron chi connectivity index (χ1n) is 23.4. The maximum Gasteiger partial charge on any atom is 0.143 e. The van der Waals surface area contributed by atoms with Crippen LogP contribution in [0.25, 0.3) is 137 Å². The predicted molar refractivity (Wildman–Crippen MR) is 288 cm³/mol. The molecule has 0 aliphatic carbocycles. The van der Waals surface area contributed by atoms with Crippen LogP contribution in [0.4, 0.5) is 0 Å². The molecule has 0 amide bonds. The molecule has 2 nitrogen and oxygen atoms in total. The quantitative estimate of drug-likeness (QED) is 0.152. The molecule has 0 radical (unpaired) electrons. The highest BCUT2D eigenvalue weighted by Crippen LogP contribution is 2.46. The normalized spacial score (nSPS) is 11.8. The van der Waals surface area contributed by atoms with E-state index in [-0.39, 0.29) is 0 Å². The van der Waals surface area contributed by atoms with Gasteiger partial charge in [-0.3, -0.25) is 0 Å². The largest absolute Gasteiger partial charge is 0.455 e. The summed E-state index contributed by atoms with van der Waals surface area (Å²) in [6, 6.07) is 90.6. The molecule has 0 aliphatic rings. The van der Waals surface area contributed by atoms with Gasteiger partial charge in [-0.1, -0.05) is 188 Å². The first-order valence-corrected chi connectivity index (χ1v) is 23.4. The zero-order valence-electron chi connectivity index (χ0n) is 37.0. The van der Waals surface area contributed by atoms with Crippen LogP contribution in [0.15, 0.2) is 253 Å². The van der Waals surface area contributed by atoms with Gasteiger partial charge in [0, 0.05) is 38.4 Å². The van der Waals surface area contributed by atoms with E-state index in [4.69, 9.17) is 4.42 Å². The zero-order chi connectivity index (χ0) is 44.7. The van der Waals surface area contributed by atoms with Crippen LogP contribution in [0.3, 0.4) is 0 Å². The second kappa shape index (κ2) is 15.3. The molecule has 316 valence electrons. The third kappa shape index (κ3) is 6.05. The molecule has 0 saturated heterocycles. The van der Waals surface area contributed by atoms with Crippen molar-refractivity contribution in [3.05, 3.63) is 249 Å². The molecule has 2 aromatic heterocycles. The molecule has 0 unspecified atom stereocenters. The van der Waals surface area contributed by atoms with Gasteiger partial charge in [0.15, 0.2) is 0 Å². The van der Waals surface area contributed by atoms with Crippen molar-refractivity contribution in [3.63, 3.8) is 0 Å². The number of fused-ring (bicyclic) bond motifs is 12. The second-order valence-electron chi connectivity index (χ2n) is 18.0. The highest BCUT2D eigenvalue weighted by atomic mass is 16.3. The monoisotopic (exact) mass is 863 g/mol. The Balaban J connectivity index is 0.963. The maximum absolute atomic E-state index is 7.20. The van der Waals surface area contributed by atoms with Gasteiger partial charge in [0.1, 0.15) is 11.2 Å². The summed E-state index contributed by atoms with van der Waals surface area (Å²) < 4.78 is 9.63. The lowest BCUT2D eigenvalue weighted by Crippen LogP contribution is -1.94. The van der Waals surface area contributed by atoms with Gasteiger partial charge in [-0.2, -0.15) is 0 Å². The first kappa shape index (κ1) is 38.3. The Hall–Kier alpha value is -8.98. The Morgan fingerprint density at radius 2 is 0.647 bits per heavy atom. The van der Waals surface area contributed by atoms with Crippen LogP contribution in [0.2, 0.25) is 0 Å². The van der Waals surface area contributed by atoms with Crippen molar-refractivity contribution in [1.82, 2.24) is 4.57 Å². The Bertz CT molecular complexity index is 4260. The van der Waals surface area contributed by atoms with Crippen LogP contribution in [-0.2, 0) is 0 Å². The molecule has 68 heavy (non-hydrogen) atoms. The molecule has 12 aromatic carbocycles. The number of hydrogen-bond donors (Lipinski definition) is 0. The van der Waals surface area contributed by atoms with Crippen molar-refractivity contribution in [2.45, 2.75) is 0 Å². The molecule has 0 N–H and O–H groups in total. The standard InChI is InChI=1S/C66H41NO/c1-4-17-42(18-5-1)48-38-57(44-21-8-3-9-22-44)65-61(40-48)62-41-49(43-19-6-2-7-20-43)39-58(66(62)68-65)47-32-34-64-60(37-47)56-29-14-15-30-63(56)67(64)50-24-16-23-45(35-50)46-31-33-55-53-27-11-10-25-51(53)52-26-12-13-28-54(52)59(55)36-46/h1-41H. The van der Waals surface area contributed by atoms with Crippen LogP contribution >= 0.6 is 0 Å². The summed E-state index contributed by atoms with van der Waals surface area (Å²) in [7, 11) is 0. The van der Waals surface area contributed by atoms with Gasteiger partial charge < -0.3 is 8.98 Å². The highest BCUT2D eigenvalue weighted by molar-refractivity contribution is 6.26. The van der Waals surface area contributed by atoms with Crippen LogP contribution in [-0.4, -0.2) is 4.57 Å². The third-order valence-electron chi connectivity index (χ3n) is 14.1. The van der Waals surface area contributed by atoms with Crippen molar-refractivity contribution >= 4 is 76.1 Å². The van der Waals surface area contributed by atoms with E-state index in [2.05, 4.69) is 253 Å². The van der Waals surface area contributed by atoms with Crippen LogP contribution in [0.1, 0.15) is 0 Å². The minimum absolute atomic E-state index is 0.883. The predicted octanol–water partition coefficient (Wildman–Crippen LogP) is 18.5. The summed E-state index contributed by atoms with van der Waals surface area (Å²) in [6.07, 6.45) is 0. The summed E-state index contributed by atoms with van der Waals surface area (Å²) in [4.78, 5) is 0. The first-order chi connectivity index (χ1) is 33.7. The van der Waals surface area contributed by atoms with Crippen molar-refractivity contribution in [2.24, 2.45) is 0 Å². The number of para-hydroxylation sites is 1. The summed E-state index contributed by atoms with van der Waals surface area (Å²) >= 11 is 0. The molecule has 14 rings (SSSR count). The molecule has 0 saturated carbocycles. The molecule has 0 spiro atoms. The molecule has 0 bridgehead atoms. The molecule has 14 aromatic rings. The van der Waals surface area contributed by atoms with Gasteiger partial charge in [-0.15, -0.1) is 0 Å². The Labute approximate surface area is 393 Å². The molecular weight excluding hydrogens is 823 g/mol. The number of aromatic nitrogens is 1. The summed E-state index contributed by atoms with van der Waals surface area (Å²) in [6.45, 7) is 0. The van der Waals surface area contributed by atoms with Gasteiger partial charge in [-0.05, 0) is 137 Å². The number of furan rings is 1. The lowest BCUT2D eigenvalue weighted by Gasteiger charge is -2.13. The second-order valence-corrected chi connectivity index (χ2v) is 18.0. The number of benzene rings is 12. The van der Waals surface area contributed by atoms with Gasteiger partial charge in [0.05, 0.1) is 11.0 Å². The van der Waals surface area contributed by atoms with E-state index in [1.54, 1.807) is 0 Å². The van der Waals surface area contributed by atoms with E-state index >= 15 is 0 Å². The van der Waals surface area contributed by atoms with E-state index in [1.807, 2.05) is 0 Å². The number of rotatable bonds is 6. The van der Waals surface area contributed by atoms with E-state index in [0.29, 0.717) is 0 Å². The minimum atomic E-state index is 0.883. The maximum atomic E-state index is 7.20. The topological polar surface area (TPSA) is 18.1 Å². The third-order valence-corrected chi connectivity index (χ3v) is 14.1. The highest BCUT2D eigenvalue weighted by Gasteiger charge is 2.21. The van der Waals surface area contributed by atoms with E-state index in [0.717, 1.165) is 72.1 Å². The molecule has 2 heterocycles. The van der Waals surface area contributed by atoms with Crippen molar-refractivity contribution in [3.8, 4) is 61.3 Å².